The summed E-state index contributed by atoms with van der Waals surface area (Å²) in [4.78, 5) is 3.58. The minimum atomic E-state index is -3.33. The van der Waals surface area contributed by atoms with Gasteiger partial charge in [0.25, 0.3) is 5.92 Å². The summed E-state index contributed by atoms with van der Waals surface area (Å²) in [7, 11) is 1.66. The number of aryl methyl sites for hydroxylation is 1. The number of aliphatic hydroxyl groups is 1. The summed E-state index contributed by atoms with van der Waals surface area (Å²) >= 11 is 1.08. The van der Waals surface area contributed by atoms with Crippen molar-refractivity contribution in [1.82, 2.24) is 9.78 Å². The normalized spacial score (nSPS) is 17.6. The Labute approximate surface area is 156 Å². The van der Waals surface area contributed by atoms with Crippen LogP contribution in [0.4, 0.5) is 18.9 Å². The molecule has 1 aliphatic rings. The van der Waals surface area contributed by atoms with E-state index in [-0.39, 0.29) is 27.6 Å². The Hall–Kier alpha value is -2.83. The van der Waals surface area contributed by atoms with Gasteiger partial charge in [0.1, 0.15) is 17.7 Å². The Balaban J connectivity index is 1.84. The summed E-state index contributed by atoms with van der Waals surface area (Å²) in [5, 5.41) is 14.3. The third-order valence-electron chi connectivity index (χ3n) is 4.35. The van der Waals surface area contributed by atoms with Crippen molar-refractivity contribution in [3.05, 3.63) is 58.8 Å². The topological polar surface area (TPSA) is 51.6 Å². The lowest BCUT2D eigenvalue weighted by atomic mass is 10.1. The lowest BCUT2D eigenvalue weighted by molar-refractivity contribution is -0.0967. The number of alkyl halides is 2. The zero-order valence-electron chi connectivity index (χ0n) is 13.9. The van der Waals surface area contributed by atoms with E-state index in [4.69, 9.17) is 11.3 Å². The second-order valence-electron chi connectivity index (χ2n) is 6.15. The van der Waals surface area contributed by atoms with Gasteiger partial charge in [-0.15, -0.1) is 0 Å². The molecule has 4 rings (SSSR count). The molecule has 0 saturated heterocycles. The van der Waals surface area contributed by atoms with Crippen molar-refractivity contribution in [1.29, 1.82) is 0 Å². The standard InChI is InChI=1S/C18H12F3N3O2S/c1-22-10-5-9(19)6-11(7-10)26-17-12-8-18(20,21)16(25)14(12)15(27-17)13-3-4-23-24(13)2/h3-7,16,25H,8H2,2H3. The van der Waals surface area contributed by atoms with Crippen molar-refractivity contribution in [2.75, 3.05) is 0 Å². The lowest BCUT2D eigenvalue weighted by Gasteiger charge is -2.15. The van der Waals surface area contributed by atoms with Crippen LogP contribution < -0.4 is 4.74 Å². The third kappa shape index (κ3) is 2.87. The van der Waals surface area contributed by atoms with Crippen LogP contribution in [-0.4, -0.2) is 20.8 Å². The Kier molecular flexibility index (Phi) is 3.98. The molecule has 9 heteroatoms. The molecule has 0 amide bonds. The molecule has 0 radical (unpaired) electrons. The van der Waals surface area contributed by atoms with Gasteiger partial charge in [-0.3, -0.25) is 4.68 Å². The number of halogens is 3. The van der Waals surface area contributed by atoms with Crippen LogP contribution in [0.25, 0.3) is 15.4 Å². The molecule has 1 N–H and O–H groups in total. The maximum atomic E-state index is 14.2. The second kappa shape index (κ2) is 6.11. The first-order valence-electron chi connectivity index (χ1n) is 7.86. The number of hydrogen-bond acceptors (Lipinski definition) is 4. The summed E-state index contributed by atoms with van der Waals surface area (Å²) in [6.07, 6.45) is -1.12. The van der Waals surface area contributed by atoms with Crippen molar-refractivity contribution in [3.63, 3.8) is 0 Å². The smallest absolute Gasteiger partial charge is 0.281 e. The summed E-state index contributed by atoms with van der Waals surface area (Å²) in [6.45, 7) is 7.00. The average Bonchev–Trinajstić information content (AvgIpc) is 3.23. The number of aromatic nitrogens is 2. The van der Waals surface area contributed by atoms with Crippen molar-refractivity contribution in [3.8, 4) is 21.4 Å². The number of benzene rings is 1. The predicted molar refractivity (Wildman–Crippen MR) is 92.9 cm³/mol. The lowest BCUT2D eigenvalue weighted by Crippen LogP contribution is -2.22. The fourth-order valence-corrected chi connectivity index (χ4v) is 4.38. The molecule has 0 aliphatic heterocycles. The summed E-state index contributed by atoms with van der Waals surface area (Å²) in [5.74, 6) is -3.96. The molecule has 1 aliphatic carbocycles. The predicted octanol–water partition coefficient (Wildman–Crippen LogP) is 4.86. The molecule has 5 nitrogen and oxygen atoms in total. The monoisotopic (exact) mass is 391 g/mol. The molecule has 0 saturated carbocycles. The van der Waals surface area contributed by atoms with E-state index in [9.17, 15) is 18.3 Å². The first-order valence-corrected chi connectivity index (χ1v) is 8.67. The molecule has 0 fully saturated rings. The van der Waals surface area contributed by atoms with Crippen LogP contribution in [0.15, 0.2) is 30.5 Å². The number of thiophene rings is 1. The van der Waals surface area contributed by atoms with E-state index in [1.54, 1.807) is 13.1 Å². The van der Waals surface area contributed by atoms with E-state index in [1.165, 1.54) is 16.9 Å². The van der Waals surface area contributed by atoms with Crippen LogP contribution in [0.1, 0.15) is 17.2 Å². The van der Waals surface area contributed by atoms with Gasteiger partial charge in [-0.2, -0.15) is 5.10 Å². The minimum absolute atomic E-state index is 0.0336. The first-order chi connectivity index (χ1) is 12.8. The van der Waals surface area contributed by atoms with E-state index < -0.39 is 24.3 Å². The molecule has 0 spiro atoms. The molecule has 138 valence electrons. The van der Waals surface area contributed by atoms with Gasteiger partial charge in [0.05, 0.1) is 17.1 Å². The molecule has 1 unspecified atom stereocenters. The van der Waals surface area contributed by atoms with Gasteiger partial charge < -0.3 is 9.84 Å². The van der Waals surface area contributed by atoms with Gasteiger partial charge in [-0.05, 0) is 18.2 Å². The molecule has 2 aromatic heterocycles. The van der Waals surface area contributed by atoms with E-state index in [0.29, 0.717) is 10.6 Å². The molecule has 1 atom stereocenters. The highest BCUT2D eigenvalue weighted by molar-refractivity contribution is 7.17. The molecular formula is C18H12F3N3O2S. The second-order valence-corrected chi connectivity index (χ2v) is 7.13. The van der Waals surface area contributed by atoms with Crippen LogP contribution in [0.3, 0.4) is 0 Å². The molecule has 1 aromatic carbocycles. The van der Waals surface area contributed by atoms with Crippen LogP contribution in [0.5, 0.6) is 10.8 Å². The number of nitrogens with zero attached hydrogens (tertiary/aromatic N) is 3. The largest absolute Gasteiger partial charge is 0.448 e. The van der Waals surface area contributed by atoms with E-state index in [2.05, 4.69) is 9.94 Å². The van der Waals surface area contributed by atoms with Crippen molar-refractivity contribution in [2.24, 2.45) is 7.05 Å². The Morgan fingerprint density at radius 1 is 1.41 bits per heavy atom. The molecule has 0 bridgehead atoms. The van der Waals surface area contributed by atoms with Gasteiger partial charge in [-0.25, -0.2) is 18.0 Å². The highest BCUT2D eigenvalue weighted by Gasteiger charge is 2.51. The Bertz CT molecular complexity index is 1080. The minimum Gasteiger partial charge on any atom is -0.448 e. The average molecular weight is 391 g/mol. The van der Waals surface area contributed by atoms with Gasteiger partial charge in [0, 0.05) is 36.9 Å². The maximum Gasteiger partial charge on any atom is 0.281 e. The highest BCUT2D eigenvalue weighted by atomic mass is 32.1. The number of hydrogen-bond donors (Lipinski definition) is 1. The van der Waals surface area contributed by atoms with E-state index in [0.717, 1.165) is 23.5 Å². The zero-order chi connectivity index (χ0) is 19.3. The Morgan fingerprint density at radius 2 is 2.19 bits per heavy atom. The molecule has 27 heavy (non-hydrogen) atoms. The molecule has 2 heterocycles. The highest BCUT2D eigenvalue weighted by Crippen LogP contribution is 2.55. The van der Waals surface area contributed by atoms with Gasteiger partial charge >= 0.3 is 0 Å². The quantitative estimate of drug-likeness (QED) is 0.649. The third-order valence-corrected chi connectivity index (χ3v) is 5.49. The van der Waals surface area contributed by atoms with Gasteiger partial charge in [0.15, 0.2) is 10.8 Å². The Morgan fingerprint density at radius 3 is 2.85 bits per heavy atom. The van der Waals surface area contributed by atoms with Crippen LogP contribution in [0, 0.1) is 12.4 Å². The van der Waals surface area contributed by atoms with Crippen LogP contribution >= 0.6 is 11.3 Å². The number of rotatable bonds is 3. The van der Waals surface area contributed by atoms with Crippen LogP contribution in [0.2, 0.25) is 0 Å². The number of ether oxygens (including phenoxy) is 1. The SMILES string of the molecule is [C-]#[N+]c1cc(F)cc(Oc2sc(-c3ccnn3C)c3c2CC(F)(F)C3O)c1. The summed E-state index contributed by atoms with van der Waals surface area (Å²) in [6, 6.07) is 5.11. The number of aliphatic hydroxyl groups excluding tert-OH is 1. The van der Waals surface area contributed by atoms with E-state index >= 15 is 0 Å². The summed E-state index contributed by atoms with van der Waals surface area (Å²) < 4.78 is 49.2. The van der Waals surface area contributed by atoms with E-state index in [1.807, 2.05) is 0 Å². The maximum absolute atomic E-state index is 14.2. The zero-order valence-corrected chi connectivity index (χ0v) is 14.7. The molecular weight excluding hydrogens is 379 g/mol. The van der Waals surface area contributed by atoms with Crippen molar-refractivity contribution < 1.29 is 23.0 Å². The summed E-state index contributed by atoms with van der Waals surface area (Å²) in [5.41, 5.74) is 0.882. The van der Waals surface area contributed by atoms with Crippen molar-refractivity contribution in [2.45, 2.75) is 18.4 Å². The fraction of sp³-hybridized carbons (Fsp3) is 0.222. The molecule has 3 aromatic rings. The van der Waals surface area contributed by atoms with Gasteiger partial charge in [-0.1, -0.05) is 11.3 Å². The first kappa shape index (κ1) is 17.6. The number of fused-ring (bicyclic) bond motifs is 1. The van der Waals surface area contributed by atoms with Crippen LogP contribution in [-0.2, 0) is 13.5 Å². The van der Waals surface area contributed by atoms with Gasteiger partial charge in [0.2, 0.25) is 0 Å². The van der Waals surface area contributed by atoms with Crippen molar-refractivity contribution >= 4 is 17.0 Å². The fourth-order valence-electron chi connectivity index (χ4n) is 3.10.